The Hall–Kier alpha value is -2.24. The number of hydrogen-bond acceptors (Lipinski definition) is 5. The largest absolute Gasteiger partial charge is 0.497 e. The van der Waals surface area contributed by atoms with Crippen molar-refractivity contribution in [2.45, 2.75) is 0 Å². The van der Waals surface area contributed by atoms with Crippen molar-refractivity contribution >= 4 is 18.1 Å². The Labute approximate surface area is 98.4 Å². The highest BCUT2D eigenvalue weighted by molar-refractivity contribution is 5.75. The van der Waals surface area contributed by atoms with Gasteiger partial charge >= 0.3 is 5.97 Å². The second-order valence-corrected chi connectivity index (χ2v) is 3.30. The molecular formula is C11H13NO5. The van der Waals surface area contributed by atoms with Gasteiger partial charge in [0.25, 0.3) is 6.47 Å². The highest BCUT2D eigenvalue weighted by Gasteiger charge is 2.12. The summed E-state index contributed by atoms with van der Waals surface area (Å²) in [6, 6.07) is 4.80. The second kappa shape index (κ2) is 5.74. The number of aliphatic carboxylic acids is 1. The summed E-state index contributed by atoms with van der Waals surface area (Å²) in [6.07, 6.45) is 0. The molecule has 0 unspecified atom stereocenters. The van der Waals surface area contributed by atoms with Crippen molar-refractivity contribution in [3.8, 4) is 11.5 Å². The average molecular weight is 239 g/mol. The highest BCUT2D eigenvalue weighted by Crippen LogP contribution is 2.31. The number of hydrogen-bond donors (Lipinski definition) is 1. The number of carbonyl (C=O) groups is 2. The maximum absolute atomic E-state index is 10.6. The van der Waals surface area contributed by atoms with E-state index in [2.05, 4.69) is 0 Å². The van der Waals surface area contributed by atoms with Crippen LogP contribution in [-0.2, 0) is 9.59 Å². The molecule has 0 bridgehead atoms. The Kier molecular flexibility index (Phi) is 4.33. The number of rotatable bonds is 6. The van der Waals surface area contributed by atoms with Gasteiger partial charge < -0.3 is 19.5 Å². The molecule has 0 amide bonds. The molecule has 0 fully saturated rings. The van der Waals surface area contributed by atoms with Gasteiger partial charge in [-0.1, -0.05) is 0 Å². The maximum atomic E-state index is 10.6. The standard InChI is InChI=1S/C11H13NO5/c1-12(6-11(14)15)9-4-3-8(16-2)5-10(9)17-7-13/h3-5,7H,6H2,1-2H3,(H,14,15). The van der Waals surface area contributed by atoms with E-state index in [9.17, 15) is 9.59 Å². The van der Waals surface area contributed by atoms with E-state index in [1.165, 1.54) is 18.1 Å². The smallest absolute Gasteiger partial charge is 0.323 e. The van der Waals surface area contributed by atoms with E-state index in [4.69, 9.17) is 14.6 Å². The summed E-state index contributed by atoms with van der Waals surface area (Å²) in [6.45, 7) is 0.0917. The predicted molar refractivity (Wildman–Crippen MR) is 60.6 cm³/mol. The van der Waals surface area contributed by atoms with E-state index in [-0.39, 0.29) is 18.8 Å². The van der Waals surface area contributed by atoms with Crippen LogP contribution in [-0.4, -0.2) is 38.3 Å². The number of likely N-dealkylation sites (N-methyl/N-ethyl adjacent to an activating group) is 1. The van der Waals surface area contributed by atoms with E-state index in [0.29, 0.717) is 11.4 Å². The summed E-state index contributed by atoms with van der Waals surface area (Å²) in [7, 11) is 3.08. The zero-order valence-electron chi connectivity index (χ0n) is 9.54. The maximum Gasteiger partial charge on any atom is 0.323 e. The van der Waals surface area contributed by atoms with Crippen LogP contribution in [0.25, 0.3) is 0 Å². The van der Waals surface area contributed by atoms with Crippen molar-refractivity contribution in [2.75, 3.05) is 25.6 Å². The van der Waals surface area contributed by atoms with Crippen LogP contribution < -0.4 is 14.4 Å². The van der Waals surface area contributed by atoms with Gasteiger partial charge in [0.1, 0.15) is 12.3 Å². The Morgan fingerprint density at radius 1 is 1.53 bits per heavy atom. The van der Waals surface area contributed by atoms with Gasteiger partial charge in [0.15, 0.2) is 5.75 Å². The molecule has 1 aromatic carbocycles. The Morgan fingerprint density at radius 3 is 2.76 bits per heavy atom. The zero-order valence-corrected chi connectivity index (χ0v) is 9.54. The number of carbonyl (C=O) groups excluding carboxylic acids is 1. The number of carboxylic acid groups (broad SMARTS) is 1. The summed E-state index contributed by atoms with van der Waals surface area (Å²) in [5, 5.41) is 8.69. The molecule has 0 saturated carbocycles. The lowest BCUT2D eigenvalue weighted by atomic mass is 10.2. The minimum atomic E-state index is -0.972. The van der Waals surface area contributed by atoms with Gasteiger partial charge in [0.05, 0.1) is 12.8 Å². The minimum absolute atomic E-state index is 0.193. The predicted octanol–water partition coefficient (Wildman–Crippen LogP) is 0.751. The molecule has 0 aliphatic heterocycles. The first-order valence-electron chi connectivity index (χ1n) is 4.79. The molecule has 0 aliphatic carbocycles. The first kappa shape index (κ1) is 12.8. The third kappa shape index (κ3) is 3.37. The van der Waals surface area contributed by atoms with E-state index >= 15 is 0 Å². The van der Waals surface area contributed by atoms with Crippen LogP contribution in [0.4, 0.5) is 5.69 Å². The number of anilines is 1. The number of methoxy groups -OCH3 is 1. The van der Waals surface area contributed by atoms with Gasteiger partial charge in [-0.2, -0.15) is 0 Å². The Bertz CT molecular complexity index is 418. The van der Waals surface area contributed by atoms with Crippen LogP contribution in [0.1, 0.15) is 0 Å². The molecule has 0 heterocycles. The monoisotopic (exact) mass is 239 g/mol. The van der Waals surface area contributed by atoms with E-state index < -0.39 is 5.97 Å². The van der Waals surface area contributed by atoms with Crippen LogP contribution in [0.2, 0.25) is 0 Å². The van der Waals surface area contributed by atoms with Gasteiger partial charge in [0, 0.05) is 13.1 Å². The van der Waals surface area contributed by atoms with E-state index in [1.807, 2.05) is 0 Å². The summed E-state index contributed by atoms with van der Waals surface area (Å²) in [5.74, 6) is -0.196. The molecule has 0 spiro atoms. The first-order valence-corrected chi connectivity index (χ1v) is 4.79. The van der Waals surface area contributed by atoms with Gasteiger partial charge in [-0.3, -0.25) is 9.59 Å². The fourth-order valence-corrected chi connectivity index (χ4v) is 1.37. The molecule has 17 heavy (non-hydrogen) atoms. The van der Waals surface area contributed by atoms with Gasteiger partial charge in [-0.25, -0.2) is 0 Å². The molecule has 0 aromatic heterocycles. The molecule has 1 rings (SSSR count). The summed E-state index contributed by atoms with van der Waals surface area (Å²) in [5.41, 5.74) is 0.500. The van der Waals surface area contributed by atoms with Crippen LogP contribution >= 0.6 is 0 Å². The van der Waals surface area contributed by atoms with Crippen LogP contribution in [0, 0.1) is 0 Å². The first-order chi connectivity index (χ1) is 8.08. The lowest BCUT2D eigenvalue weighted by Crippen LogP contribution is -2.25. The van der Waals surface area contributed by atoms with Gasteiger partial charge in [-0.15, -0.1) is 0 Å². The van der Waals surface area contributed by atoms with Crippen molar-refractivity contribution in [2.24, 2.45) is 0 Å². The van der Waals surface area contributed by atoms with Crippen molar-refractivity contribution < 1.29 is 24.2 Å². The molecule has 92 valence electrons. The summed E-state index contributed by atoms with van der Waals surface area (Å²) >= 11 is 0. The Balaban J connectivity index is 3.04. The van der Waals surface area contributed by atoms with Crippen molar-refractivity contribution in [1.29, 1.82) is 0 Å². The molecule has 0 radical (unpaired) electrons. The molecule has 1 N–H and O–H groups in total. The zero-order chi connectivity index (χ0) is 12.8. The van der Waals surface area contributed by atoms with Crippen molar-refractivity contribution in [3.05, 3.63) is 18.2 Å². The van der Waals surface area contributed by atoms with Crippen molar-refractivity contribution in [3.63, 3.8) is 0 Å². The molecule has 0 atom stereocenters. The van der Waals surface area contributed by atoms with Crippen LogP contribution in [0.15, 0.2) is 18.2 Å². The summed E-state index contributed by atoms with van der Waals surface area (Å²) in [4.78, 5) is 22.4. The molecule has 0 aliphatic rings. The molecule has 1 aromatic rings. The van der Waals surface area contributed by atoms with Crippen molar-refractivity contribution in [1.82, 2.24) is 0 Å². The summed E-state index contributed by atoms with van der Waals surface area (Å²) < 4.78 is 9.77. The van der Waals surface area contributed by atoms with E-state index in [1.54, 1.807) is 19.2 Å². The molecule has 6 nitrogen and oxygen atoms in total. The fraction of sp³-hybridized carbons (Fsp3) is 0.273. The van der Waals surface area contributed by atoms with Crippen LogP contribution in [0.3, 0.4) is 0 Å². The fourth-order valence-electron chi connectivity index (χ4n) is 1.37. The topological polar surface area (TPSA) is 76.1 Å². The number of benzene rings is 1. The van der Waals surface area contributed by atoms with Gasteiger partial charge in [0.2, 0.25) is 0 Å². The number of nitrogens with zero attached hydrogens (tertiary/aromatic N) is 1. The lowest BCUT2D eigenvalue weighted by Gasteiger charge is -2.19. The number of ether oxygens (including phenoxy) is 2. The molecule has 6 heteroatoms. The second-order valence-electron chi connectivity index (χ2n) is 3.30. The van der Waals surface area contributed by atoms with Gasteiger partial charge in [-0.05, 0) is 12.1 Å². The number of carboxylic acids is 1. The lowest BCUT2D eigenvalue weighted by molar-refractivity contribution is -0.135. The quantitative estimate of drug-likeness (QED) is 0.738. The highest BCUT2D eigenvalue weighted by atomic mass is 16.5. The SMILES string of the molecule is COc1ccc(N(C)CC(=O)O)c(OC=O)c1. The molecule has 0 saturated heterocycles. The van der Waals surface area contributed by atoms with E-state index in [0.717, 1.165) is 0 Å². The third-order valence-electron chi connectivity index (χ3n) is 2.13. The Morgan fingerprint density at radius 2 is 2.24 bits per heavy atom. The normalized spacial score (nSPS) is 9.53. The van der Waals surface area contributed by atoms with Crippen LogP contribution in [0.5, 0.6) is 11.5 Å². The average Bonchev–Trinajstić information content (AvgIpc) is 2.28. The third-order valence-corrected chi connectivity index (χ3v) is 2.13. The molecular weight excluding hydrogens is 226 g/mol. The minimum Gasteiger partial charge on any atom is -0.497 e.